The van der Waals surface area contributed by atoms with Crippen molar-refractivity contribution in [3.8, 4) is 11.5 Å². The summed E-state index contributed by atoms with van der Waals surface area (Å²) in [4.78, 5) is 27.5. The standard InChI is InChI=1S/C23H29N5O5/c1-31-19-5-4-16-11-20(19)32-14-18-13-28(26-25-18)8-2-3-21(29)27-9-6-23(7-10-27)12-17(15-33-23)24-22(16)30/h4-5,11,13,17H,2-3,6-10,12,14-15H2,1H3,(H,24,30). The second-order valence-corrected chi connectivity index (χ2v) is 8.98. The van der Waals surface area contributed by atoms with E-state index < -0.39 is 0 Å². The zero-order chi connectivity index (χ0) is 22.8. The molecule has 1 aromatic heterocycles. The second kappa shape index (κ2) is 9.01. The van der Waals surface area contributed by atoms with Gasteiger partial charge in [-0.3, -0.25) is 14.3 Å². The van der Waals surface area contributed by atoms with E-state index in [4.69, 9.17) is 14.2 Å². The first-order valence-corrected chi connectivity index (χ1v) is 11.5. The first-order valence-electron chi connectivity index (χ1n) is 11.5. The summed E-state index contributed by atoms with van der Waals surface area (Å²) in [7, 11) is 1.56. The molecule has 6 rings (SSSR count). The highest BCUT2D eigenvalue weighted by Gasteiger charge is 2.43. The Kier molecular flexibility index (Phi) is 5.92. The third kappa shape index (κ3) is 4.66. The number of nitrogens with zero attached hydrogens (tertiary/aromatic N) is 4. The van der Waals surface area contributed by atoms with Crippen LogP contribution in [0.1, 0.15) is 48.2 Å². The number of ether oxygens (including phenoxy) is 3. The van der Waals surface area contributed by atoms with Gasteiger partial charge in [-0.2, -0.15) is 0 Å². The molecule has 0 saturated carbocycles. The predicted octanol–water partition coefficient (Wildman–Crippen LogP) is 1.54. The topological polar surface area (TPSA) is 108 Å². The maximum Gasteiger partial charge on any atom is 0.251 e. The number of hydrogen-bond acceptors (Lipinski definition) is 7. The highest BCUT2D eigenvalue weighted by atomic mass is 16.5. The number of piperidine rings is 1. The summed E-state index contributed by atoms with van der Waals surface area (Å²) < 4.78 is 19.2. The summed E-state index contributed by atoms with van der Waals surface area (Å²) in [6, 6.07) is 5.07. The lowest BCUT2D eigenvalue weighted by atomic mass is 9.87. The average molecular weight is 456 g/mol. The van der Waals surface area contributed by atoms with E-state index in [1.165, 1.54) is 0 Å². The van der Waals surface area contributed by atoms with E-state index in [2.05, 4.69) is 15.6 Å². The minimum atomic E-state index is -0.263. The van der Waals surface area contributed by atoms with Gasteiger partial charge < -0.3 is 24.4 Å². The Hall–Kier alpha value is -3.14. The van der Waals surface area contributed by atoms with Crippen LogP contribution in [0.25, 0.3) is 0 Å². The van der Waals surface area contributed by atoms with E-state index in [1.807, 2.05) is 11.1 Å². The Morgan fingerprint density at radius 2 is 2.06 bits per heavy atom. The van der Waals surface area contributed by atoms with E-state index in [-0.39, 0.29) is 30.1 Å². The predicted molar refractivity (Wildman–Crippen MR) is 117 cm³/mol. The third-order valence-electron chi connectivity index (χ3n) is 6.74. The van der Waals surface area contributed by atoms with Gasteiger partial charge in [0.25, 0.3) is 5.91 Å². The van der Waals surface area contributed by atoms with Crippen molar-refractivity contribution in [1.82, 2.24) is 25.2 Å². The van der Waals surface area contributed by atoms with Crippen molar-refractivity contribution in [1.29, 1.82) is 0 Å². The molecule has 10 heteroatoms. The molecular formula is C23H29N5O5. The van der Waals surface area contributed by atoms with Crippen molar-refractivity contribution in [3.05, 3.63) is 35.7 Å². The number of aryl methyl sites for hydroxylation is 1. The number of methoxy groups -OCH3 is 1. The summed E-state index contributed by atoms with van der Waals surface area (Å²) >= 11 is 0. The van der Waals surface area contributed by atoms with Gasteiger partial charge in [-0.25, -0.2) is 0 Å². The van der Waals surface area contributed by atoms with E-state index in [1.54, 1.807) is 30.0 Å². The lowest BCUT2D eigenvalue weighted by Gasteiger charge is -2.38. The molecule has 33 heavy (non-hydrogen) atoms. The summed E-state index contributed by atoms with van der Waals surface area (Å²) in [5, 5.41) is 11.4. The van der Waals surface area contributed by atoms with Crippen LogP contribution in [-0.4, -0.2) is 70.2 Å². The SMILES string of the molecule is COc1ccc2cc1OCc1cn(nn1)CCCC(=O)N1CCC3(CC1)CC(CO3)NC2=O. The fourth-order valence-corrected chi connectivity index (χ4v) is 4.86. The van der Waals surface area contributed by atoms with Gasteiger partial charge in [0.15, 0.2) is 11.5 Å². The molecule has 7 bridgehead atoms. The van der Waals surface area contributed by atoms with Crippen molar-refractivity contribution < 1.29 is 23.8 Å². The summed E-state index contributed by atoms with van der Waals surface area (Å²) in [5.41, 5.74) is 0.884. The van der Waals surface area contributed by atoms with Crippen molar-refractivity contribution in [3.63, 3.8) is 0 Å². The molecule has 4 aliphatic rings. The zero-order valence-electron chi connectivity index (χ0n) is 18.8. The number of aromatic nitrogens is 3. The Morgan fingerprint density at radius 1 is 1.21 bits per heavy atom. The first kappa shape index (κ1) is 21.7. The van der Waals surface area contributed by atoms with E-state index in [0.717, 1.165) is 19.3 Å². The molecule has 5 heterocycles. The molecule has 1 spiro atoms. The summed E-state index contributed by atoms with van der Waals surface area (Å²) in [6.07, 6.45) is 5.32. The van der Waals surface area contributed by atoms with Crippen molar-refractivity contribution in [2.45, 2.75) is 56.9 Å². The fourth-order valence-electron chi connectivity index (χ4n) is 4.86. The van der Waals surface area contributed by atoms with Crippen molar-refractivity contribution >= 4 is 11.8 Å². The molecule has 2 amide bonds. The average Bonchev–Trinajstić information content (AvgIpc) is 3.44. The van der Waals surface area contributed by atoms with Gasteiger partial charge >= 0.3 is 0 Å². The molecular weight excluding hydrogens is 426 g/mol. The zero-order valence-corrected chi connectivity index (χ0v) is 18.8. The number of fused-ring (bicyclic) bond motifs is 7. The van der Waals surface area contributed by atoms with Gasteiger partial charge in [0.1, 0.15) is 12.3 Å². The Morgan fingerprint density at radius 3 is 2.88 bits per heavy atom. The molecule has 2 saturated heterocycles. The third-order valence-corrected chi connectivity index (χ3v) is 6.74. The molecule has 4 aliphatic heterocycles. The van der Waals surface area contributed by atoms with E-state index in [0.29, 0.717) is 61.8 Å². The van der Waals surface area contributed by atoms with Gasteiger partial charge in [-0.05, 0) is 43.9 Å². The molecule has 2 aromatic rings. The van der Waals surface area contributed by atoms with Crippen LogP contribution in [0.2, 0.25) is 0 Å². The highest BCUT2D eigenvalue weighted by Crippen LogP contribution is 2.36. The Bertz CT molecular complexity index is 1030. The van der Waals surface area contributed by atoms with Gasteiger partial charge in [0.2, 0.25) is 5.91 Å². The molecule has 1 atom stereocenters. The molecule has 0 aliphatic carbocycles. The van der Waals surface area contributed by atoms with Gasteiger partial charge in [0, 0.05) is 31.6 Å². The monoisotopic (exact) mass is 455 g/mol. The lowest BCUT2D eigenvalue weighted by molar-refractivity contribution is -0.136. The number of carbonyl (C=O) groups excluding carboxylic acids is 2. The molecule has 1 aromatic carbocycles. The van der Waals surface area contributed by atoms with E-state index in [9.17, 15) is 9.59 Å². The van der Waals surface area contributed by atoms with Gasteiger partial charge in [-0.1, -0.05) is 5.21 Å². The molecule has 10 nitrogen and oxygen atoms in total. The summed E-state index contributed by atoms with van der Waals surface area (Å²) in [5.74, 6) is 0.984. The maximum atomic E-state index is 12.9. The van der Waals surface area contributed by atoms with Crippen LogP contribution in [0.15, 0.2) is 24.4 Å². The summed E-state index contributed by atoms with van der Waals surface area (Å²) in [6.45, 7) is 2.65. The molecule has 1 N–H and O–H groups in total. The van der Waals surface area contributed by atoms with Crippen LogP contribution >= 0.6 is 0 Å². The van der Waals surface area contributed by atoms with Crippen LogP contribution in [-0.2, 0) is 22.7 Å². The smallest absolute Gasteiger partial charge is 0.251 e. The largest absolute Gasteiger partial charge is 0.493 e. The minimum absolute atomic E-state index is 0.0631. The van der Waals surface area contributed by atoms with Crippen LogP contribution in [0.4, 0.5) is 0 Å². The fraction of sp³-hybridized carbons (Fsp3) is 0.565. The maximum absolute atomic E-state index is 12.9. The number of rotatable bonds is 1. The van der Waals surface area contributed by atoms with Crippen LogP contribution in [0.5, 0.6) is 11.5 Å². The van der Waals surface area contributed by atoms with Gasteiger partial charge in [-0.15, -0.1) is 5.10 Å². The number of benzene rings is 1. The minimum Gasteiger partial charge on any atom is -0.493 e. The number of amides is 2. The lowest BCUT2D eigenvalue weighted by Crippen LogP contribution is -2.47. The normalized spacial score (nSPS) is 26.0. The van der Waals surface area contributed by atoms with E-state index >= 15 is 0 Å². The first-order chi connectivity index (χ1) is 16.0. The molecule has 176 valence electrons. The highest BCUT2D eigenvalue weighted by molar-refractivity contribution is 5.95. The van der Waals surface area contributed by atoms with Crippen LogP contribution in [0, 0.1) is 0 Å². The molecule has 2 fully saturated rings. The number of hydrogen-bond donors (Lipinski definition) is 1. The second-order valence-electron chi connectivity index (χ2n) is 8.98. The number of carbonyl (C=O) groups is 2. The van der Waals surface area contributed by atoms with Crippen molar-refractivity contribution in [2.24, 2.45) is 0 Å². The Balaban J connectivity index is 1.38. The molecule has 0 radical (unpaired) electrons. The quantitative estimate of drug-likeness (QED) is 0.695. The van der Waals surface area contributed by atoms with Crippen LogP contribution in [0.3, 0.4) is 0 Å². The van der Waals surface area contributed by atoms with Crippen LogP contribution < -0.4 is 14.8 Å². The molecule has 1 unspecified atom stereocenters. The van der Waals surface area contributed by atoms with Gasteiger partial charge in [0.05, 0.1) is 31.6 Å². The Labute approximate surface area is 192 Å². The van der Waals surface area contributed by atoms with Crippen molar-refractivity contribution in [2.75, 3.05) is 26.8 Å². The number of nitrogens with one attached hydrogen (secondary N) is 1.